The summed E-state index contributed by atoms with van der Waals surface area (Å²) in [6, 6.07) is 13.8. The fourth-order valence-corrected chi connectivity index (χ4v) is 2.63. The number of alkyl halides is 1. The van der Waals surface area contributed by atoms with Crippen molar-refractivity contribution < 1.29 is 14.0 Å². The summed E-state index contributed by atoms with van der Waals surface area (Å²) < 4.78 is 13.6. The van der Waals surface area contributed by atoms with Crippen LogP contribution in [-0.4, -0.2) is 16.7 Å². The Hall–Kier alpha value is -2.49. The molecule has 0 spiro atoms. The lowest BCUT2D eigenvalue weighted by molar-refractivity contribution is 0.0642. The minimum Gasteiger partial charge on any atom is -0.270 e. The van der Waals surface area contributed by atoms with Crippen molar-refractivity contribution in [2.45, 2.75) is 26.1 Å². The highest BCUT2D eigenvalue weighted by molar-refractivity contribution is 6.21. The minimum absolute atomic E-state index is 0.204. The number of nitrogens with zero attached hydrogens (tertiary/aromatic N) is 1. The van der Waals surface area contributed by atoms with Crippen LogP contribution in [0.1, 0.15) is 51.4 Å². The number of fused-ring (bicyclic) bond motifs is 1. The van der Waals surface area contributed by atoms with E-state index in [0.29, 0.717) is 23.1 Å². The van der Waals surface area contributed by atoms with Gasteiger partial charge in [-0.2, -0.15) is 0 Å². The van der Waals surface area contributed by atoms with Crippen LogP contribution in [0.5, 0.6) is 0 Å². The van der Waals surface area contributed by atoms with E-state index in [2.05, 4.69) is 0 Å². The average Bonchev–Trinajstić information content (AvgIpc) is 2.80. The Bertz CT molecular complexity index is 689. The van der Waals surface area contributed by atoms with Gasteiger partial charge >= 0.3 is 0 Å². The highest BCUT2D eigenvalue weighted by Crippen LogP contribution is 2.25. The molecule has 0 radical (unpaired) electrons. The number of hydrogen-bond donors (Lipinski definition) is 0. The summed E-state index contributed by atoms with van der Waals surface area (Å²) in [6.45, 7) is 1.99. The molecule has 0 saturated carbocycles. The predicted octanol–water partition coefficient (Wildman–Crippen LogP) is 3.90. The molecular formula is C18H16FNO2. The average molecular weight is 297 g/mol. The smallest absolute Gasteiger partial charge is 0.261 e. The number of rotatable bonds is 4. The monoisotopic (exact) mass is 297 g/mol. The van der Waals surface area contributed by atoms with Gasteiger partial charge in [0.15, 0.2) is 0 Å². The third-order valence-corrected chi connectivity index (χ3v) is 3.92. The first-order chi connectivity index (χ1) is 10.6. The van der Waals surface area contributed by atoms with E-state index < -0.39 is 6.17 Å². The van der Waals surface area contributed by atoms with Crippen molar-refractivity contribution in [3.8, 4) is 0 Å². The predicted molar refractivity (Wildman–Crippen MR) is 81.2 cm³/mol. The van der Waals surface area contributed by atoms with Crippen LogP contribution in [0.25, 0.3) is 0 Å². The van der Waals surface area contributed by atoms with E-state index in [1.165, 1.54) is 4.90 Å². The molecule has 0 saturated heterocycles. The van der Waals surface area contributed by atoms with Crippen molar-refractivity contribution in [2.24, 2.45) is 0 Å². The fourth-order valence-electron chi connectivity index (χ4n) is 2.63. The van der Waals surface area contributed by atoms with Gasteiger partial charge in [-0.25, -0.2) is 4.39 Å². The fraction of sp³-hybridized carbons (Fsp3) is 0.222. The summed E-state index contributed by atoms with van der Waals surface area (Å²) in [4.78, 5) is 25.8. The number of halogens is 1. The van der Waals surface area contributed by atoms with E-state index in [9.17, 15) is 14.0 Å². The van der Waals surface area contributed by atoms with Gasteiger partial charge in [0.05, 0.1) is 17.7 Å². The van der Waals surface area contributed by atoms with E-state index in [1.807, 2.05) is 0 Å². The largest absolute Gasteiger partial charge is 0.270 e. The third-order valence-electron chi connectivity index (χ3n) is 3.92. The molecule has 1 atom stereocenters. The Kier molecular flexibility index (Phi) is 3.75. The molecular weight excluding hydrogens is 281 g/mol. The summed E-state index contributed by atoms with van der Waals surface area (Å²) in [5, 5.41) is 0. The normalized spacial score (nSPS) is 15.1. The van der Waals surface area contributed by atoms with E-state index in [-0.39, 0.29) is 18.4 Å². The van der Waals surface area contributed by atoms with Crippen LogP contribution in [0.2, 0.25) is 0 Å². The summed E-state index contributed by atoms with van der Waals surface area (Å²) in [6.07, 6.45) is -0.550. The summed E-state index contributed by atoms with van der Waals surface area (Å²) in [7, 11) is 0. The second kappa shape index (κ2) is 5.72. The molecule has 3 nitrogen and oxygen atoms in total. The van der Waals surface area contributed by atoms with E-state index in [1.54, 1.807) is 55.5 Å². The van der Waals surface area contributed by atoms with Crippen LogP contribution in [0.3, 0.4) is 0 Å². The van der Waals surface area contributed by atoms with Crippen molar-refractivity contribution >= 4 is 11.8 Å². The van der Waals surface area contributed by atoms with Gasteiger partial charge in [0.1, 0.15) is 6.17 Å². The molecule has 3 rings (SSSR count). The first kappa shape index (κ1) is 14.4. The second-order valence-corrected chi connectivity index (χ2v) is 5.36. The van der Waals surface area contributed by atoms with Crippen LogP contribution in [0.4, 0.5) is 4.39 Å². The first-order valence-electron chi connectivity index (χ1n) is 7.30. The SMILES string of the molecule is CCC(F)c1ccc(CN2C(=O)c3ccccc3C2=O)cc1. The number of carbonyl (C=O) groups is 2. The van der Waals surface area contributed by atoms with Gasteiger partial charge in [0.25, 0.3) is 11.8 Å². The molecule has 1 unspecified atom stereocenters. The highest BCUT2D eigenvalue weighted by atomic mass is 19.1. The van der Waals surface area contributed by atoms with Gasteiger partial charge in [-0.3, -0.25) is 14.5 Å². The van der Waals surface area contributed by atoms with Crippen molar-refractivity contribution in [3.05, 3.63) is 70.8 Å². The van der Waals surface area contributed by atoms with Crippen molar-refractivity contribution in [1.29, 1.82) is 0 Å². The van der Waals surface area contributed by atoms with E-state index in [4.69, 9.17) is 0 Å². The van der Waals surface area contributed by atoms with Crippen molar-refractivity contribution in [1.82, 2.24) is 4.90 Å². The van der Waals surface area contributed by atoms with Gasteiger partial charge in [-0.15, -0.1) is 0 Å². The molecule has 4 heteroatoms. The molecule has 22 heavy (non-hydrogen) atoms. The number of benzene rings is 2. The molecule has 0 bridgehead atoms. The number of imide groups is 1. The Morgan fingerprint density at radius 1 is 0.955 bits per heavy atom. The van der Waals surface area contributed by atoms with Crippen LogP contribution in [0.15, 0.2) is 48.5 Å². The zero-order chi connectivity index (χ0) is 15.7. The maximum atomic E-state index is 13.6. The molecule has 1 heterocycles. The quantitative estimate of drug-likeness (QED) is 0.803. The molecule has 1 aliphatic rings. The number of amides is 2. The van der Waals surface area contributed by atoms with Crippen LogP contribution in [0, 0.1) is 0 Å². The van der Waals surface area contributed by atoms with Gasteiger partial charge < -0.3 is 0 Å². The minimum atomic E-state index is -0.978. The summed E-state index contributed by atoms with van der Waals surface area (Å²) >= 11 is 0. The Morgan fingerprint density at radius 3 is 2.00 bits per heavy atom. The third kappa shape index (κ3) is 2.41. The van der Waals surface area contributed by atoms with Crippen LogP contribution in [-0.2, 0) is 6.54 Å². The molecule has 0 N–H and O–H groups in total. The molecule has 0 aliphatic carbocycles. The zero-order valence-corrected chi connectivity index (χ0v) is 12.3. The Balaban J connectivity index is 1.80. The standard InChI is InChI=1S/C18H16FNO2/c1-2-16(19)13-9-7-12(8-10-13)11-20-17(21)14-5-3-4-6-15(14)18(20)22/h3-10,16H,2,11H2,1H3. The number of hydrogen-bond acceptors (Lipinski definition) is 2. The van der Waals surface area contributed by atoms with E-state index in [0.717, 1.165) is 5.56 Å². The lowest BCUT2D eigenvalue weighted by atomic mass is 10.1. The molecule has 2 amide bonds. The Labute approximate surface area is 128 Å². The van der Waals surface area contributed by atoms with Gasteiger partial charge in [-0.1, -0.05) is 43.3 Å². The van der Waals surface area contributed by atoms with E-state index >= 15 is 0 Å². The molecule has 0 fully saturated rings. The highest BCUT2D eigenvalue weighted by Gasteiger charge is 2.34. The molecule has 112 valence electrons. The maximum Gasteiger partial charge on any atom is 0.261 e. The zero-order valence-electron chi connectivity index (χ0n) is 12.3. The van der Waals surface area contributed by atoms with Gasteiger partial charge in [-0.05, 0) is 29.7 Å². The van der Waals surface area contributed by atoms with Crippen LogP contribution >= 0.6 is 0 Å². The number of carbonyl (C=O) groups excluding carboxylic acids is 2. The molecule has 1 aliphatic heterocycles. The van der Waals surface area contributed by atoms with Gasteiger partial charge in [0, 0.05) is 0 Å². The molecule has 0 aromatic heterocycles. The summed E-state index contributed by atoms with van der Waals surface area (Å²) in [5.41, 5.74) is 2.31. The van der Waals surface area contributed by atoms with Crippen LogP contribution < -0.4 is 0 Å². The van der Waals surface area contributed by atoms with Crippen molar-refractivity contribution in [3.63, 3.8) is 0 Å². The maximum absolute atomic E-state index is 13.6. The summed E-state index contributed by atoms with van der Waals surface area (Å²) in [5.74, 6) is -0.553. The lowest BCUT2D eigenvalue weighted by Gasteiger charge is -2.14. The topological polar surface area (TPSA) is 37.4 Å². The molecule has 2 aromatic carbocycles. The Morgan fingerprint density at radius 2 is 1.50 bits per heavy atom. The van der Waals surface area contributed by atoms with Gasteiger partial charge in [0.2, 0.25) is 0 Å². The molecule has 2 aromatic rings. The second-order valence-electron chi connectivity index (χ2n) is 5.36. The van der Waals surface area contributed by atoms with Crippen molar-refractivity contribution in [2.75, 3.05) is 0 Å². The first-order valence-corrected chi connectivity index (χ1v) is 7.30. The lowest BCUT2D eigenvalue weighted by Crippen LogP contribution is -2.29.